The van der Waals surface area contributed by atoms with Crippen LogP contribution < -0.4 is 15.4 Å². The van der Waals surface area contributed by atoms with Crippen LogP contribution in [0.3, 0.4) is 0 Å². The Labute approximate surface area is 198 Å². The third kappa shape index (κ3) is 3.99. The maximum Gasteiger partial charge on any atom is 0.266 e. The molecule has 0 fully saturated rings. The number of fused-ring (bicyclic) bond motifs is 3. The van der Waals surface area contributed by atoms with Gasteiger partial charge in [-0.3, -0.25) is 9.59 Å². The maximum absolute atomic E-state index is 13.4. The van der Waals surface area contributed by atoms with Crippen molar-refractivity contribution in [3.63, 3.8) is 0 Å². The lowest BCUT2D eigenvalue weighted by Crippen LogP contribution is -2.12. The SMILES string of the molecule is COc1cc2c(cc1NC(=O)c1sc(NC(=O)c3cccc(F)c3)cc1C)oc1ccccc12. The van der Waals surface area contributed by atoms with Crippen LogP contribution in [0.25, 0.3) is 21.9 Å². The van der Waals surface area contributed by atoms with E-state index in [4.69, 9.17) is 9.15 Å². The summed E-state index contributed by atoms with van der Waals surface area (Å²) in [6.45, 7) is 1.78. The molecule has 34 heavy (non-hydrogen) atoms. The molecule has 2 N–H and O–H groups in total. The number of hydrogen-bond donors (Lipinski definition) is 2. The highest BCUT2D eigenvalue weighted by Crippen LogP contribution is 2.37. The molecule has 2 amide bonds. The summed E-state index contributed by atoms with van der Waals surface area (Å²) in [6, 6.07) is 18.4. The van der Waals surface area contributed by atoms with Gasteiger partial charge in [0.05, 0.1) is 22.7 Å². The van der Waals surface area contributed by atoms with E-state index in [2.05, 4.69) is 10.6 Å². The minimum absolute atomic E-state index is 0.195. The van der Waals surface area contributed by atoms with E-state index in [1.165, 1.54) is 25.3 Å². The number of para-hydroxylation sites is 1. The van der Waals surface area contributed by atoms with Gasteiger partial charge in [-0.2, -0.15) is 0 Å². The summed E-state index contributed by atoms with van der Waals surface area (Å²) in [6.07, 6.45) is 0. The zero-order valence-electron chi connectivity index (χ0n) is 18.3. The van der Waals surface area contributed by atoms with Gasteiger partial charge in [0, 0.05) is 22.4 Å². The molecule has 0 unspecified atom stereocenters. The predicted molar refractivity (Wildman–Crippen MR) is 132 cm³/mol. The number of anilines is 2. The number of furan rings is 1. The predicted octanol–water partition coefficient (Wildman–Crippen LogP) is 6.61. The molecule has 5 rings (SSSR count). The van der Waals surface area contributed by atoms with Crippen LogP contribution in [0.15, 0.2) is 71.1 Å². The van der Waals surface area contributed by atoms with E-state index >= 15 is 0 Å². The monoisotopic (exact) mass is 474 g/mol. The molecule has 0 aliphatic rings. The summed E-state index contributed by atoms with van der Waals surface area (Å²) in [5.41, 5.74) is 2.73. The summed E-state index contributed by atoms with van der Waals surface area (Å²) in [5.74, 6) is -0.793. The molecule has 0 atom stereocenters. The smallest absolute Gasteiger partial charge is 0.266 e. The Kier molecular flexibility index (Phi) is 5.51. The number of methoxy groups -OCH3 is 1. The Morgan fingerprint density at radius 3 is 2.53 bits per heavy atom. The molecule has 0 saturated heterocycles. The van der Waals surface area contributed by atoms with E-state index in [9.17, 15) is 14.0 Å². The fraction of sp³-hybridized carbons (Fsp3) is 0.0769. The Bertz CT molecular complexity index is 1570. The van der Waals surface area contributed by atoms with Gasteiger partial charge in [-0.25, -0.2) is 4.39 Å². The zero-order chi connectivity index (χ0) is 23.8. The second-order valence-corrected chi connectivity index (χ2v) is 8.74. The van der Waals surface area contributed by atoms with Gasteiger partial charge in [-0.1, -0.05) is 24.3 Å². The number of hydrogen-bond acceptors (Lipinski definition) is 5. The Balaban J connectivity index is 1.40. The number of rotatable bonds is 5. The van der Waals surface area contributed by atoms with Crippen LogP contribution in [0.2, 0.25) is 0 Å². The van der Waals surface area contributed by atoms with Crippen LogP contribution in [0, 0.1) is 12.7 Å². The van der Waals surface area contributed by atoms with Crippen molar-refractivity contribution in [1.29, 1.82) is 0 Å². The molecule has 5 aromatic rings. The van der Waals surface area contributed by atoms with Crippen molar-refractivity contribution in [2.75, 3.05) is 17.7 Å². The molecule has 8 heteroatoms. The second-order valence-electron chi connectivity index (χ2n) is 7.69. The zero-order valence-corrected chi connectivity index (χ0v) is 19.1. The van der Waals surface area contributed by atoms with Crippen molar-refractivity contribution in [1.82, 2.24) is 0 Å². The fourth-order valence-corrected chi connectivity index (χ4v) is 4.74. The van der Waals surface area contributed by atoms with E-state index < -0.39 is 11.7 Å². The lowest BCUT2D eigenvalue weighted by Gasteiger charge is -2.10. The number of halogens is 1. The van der Waals surface area contributed by atoms with Gasteiger partial charge in [-0.05, 0) is 48.9 Å². The third-order valence-electron chi connectivity index (χ3n) is 5.39. The Hall–Kier alpha value is -4.17. The lowest BCUT2D eigenvalue weighted by atomic mass is 10.1. The van der Waals surface area contributed by atoms with Crippen molar-refractivity contribution >= 4 is 55.8 Å². The number of aryl methyl sites for hydroxylation is 1. The standard InChI is InChI=1S/C26H19FN2O4S/c1-14-10-23(29-25(30)15-6-5-7-16(27)11-15)34-24(14)26(31)28-19-13-21-18(12-22(19)32-2)17-8-3-4-9-20(17)33-21/h3-13H,1-2H3,(H,28,31)(H,29,30). The highest BCUT2D eigenvalue weighted by atomic mass is 32.1. The molecule has 0 aliphatic heterocycles. The first kappa shape index (κ1) is 21.7. The topological polar surface area (TPSA) is 80.6 Å². The van der Waals surface area contributed by atoms with Gasteiger partial charge in [0.1, 0.15) is 22.7 Å². The third-order valence-corrected chi connectivity index (χ3v) is 6.55. The number of amides is 2. The second kappa shape index (κ2) is 8.64. The molecule has 0 saturated carbocycles. The van der Waals surface area contributed by atoms with Gasteiger partial charge in [0.25, 0.3) is 11.8 Å². The molecule has 170 valence electrons. The van der Waals surface area contributed by atoms with Gasteiger partial charge in [0.15, 0.2) is 0 Å². The van der Waals surface area contributed by atoms with Crippen molar-refractivity contribution in [2.24, 2.45) is 0 Å². The van der Waals surface area contributed by atoms with Crippen molar-refractivity contribution in [2.45, 2.75) is 6.92 Å². The minimum atomic E-state index is -0.495. The summed E-state index contributed by atoms with van der Waals surface area (Å²) < 4.78 is 24.9. The van der Waals surface area contributed by atoms with Crippen LogP contribution in [0.4, 0.5) is 15.1 Å². The molecule has 2 heterocycles. The van der Waals surface area contributed by atoms with Crippen molar-refractivity contribution in [3.05, 3.63) is 88.6 Å². The van der Waals surface area contributed by atoms with Gasteiger partial charge in [-0.15, -0.1) is 11.3 Å². The Morgan fingerprint density at radius 1 is 0.912 bits per heavy atom. The molecular formula is C26H19FN2O4S. The molecule has 0 radical (unpaired) electrons. The van der Waals surface area contributed by atoms with E-state index in [1.807, 2.05) is 30.3 Å². The summed E-state index contributed by atoms with van der Waals surface area (Å²) in [4.78, 5) is 25.9. The molecule has 3 aromatic carbocycles. The number of carbonyl (C=O) groups is 2. The van der Waals surface area contributed by atoms with Gasteiger partial charge < -0.3 is 19.8 Å². The highest BCUT2D eigenvalue weighted by Gasteiger charge is 2.19. The highest BCUT2D eigenvalue weighted by molar-refractivity contribution is 7.18. The minimum Gasteiger partial charge on any atom is -0.495 e. The maximum atomic E-state index is 13.4. The van der Waals surface area contributed by atoms with Crippen molar-refractivity contribution in [3.8, 4) is 5.75 Å². The number of benzene rings is 3. The van der Waals surface area contributed by atoms with Crippen LogP contribution >= 0.6 is 11.3 Å². The molecule has 0 spiro atoms. The average Bonchev–Trinajstić information content (AvgIpc) is 3.37. The molecular weight excluding hydrogens is 455 g/mol. The van der Waals surface area contributed by atoms with E-state index in [1.54, 1.807) is 19.1 Å². The normalized spacial score (nSPS) is 11.0. The van der Waals surface area contributed by atoms with Crippen LogP contribution in [-0.4, -0.2) is 18.9 Å². The first-order valence-electron chi connectivity index (χ1n) is 10.4. The van der Waals surface area contributed by atoms with Crippen LogP contribution in [-0.2, 0) is 0 Å². The first-order valence-corrected chi connectivity index (χ1v) is 11.2. The largest absolute Gasteiger partial charge is 0.495 e. The van der Waals surface area contributed by atoms with Crippen molar-refractivity contribution < 1.29 is 23.1 Å². The Morgan fingerprint density at radius 2 is 1.74 bits per heavy atom. The van der Waals surface area contributed by atoms with E-state index in [-0.39, 0.29) is 11.5 Å². The summed E-state index contributed by atoms with van der Waals surface area (Å²) >= 11 is 1.13. The molecule has 0 aliphatic carbocycles. The van der Waals surface area contributed by atoms with E-state index in [0.717, 1.165) is 33.8 Å². The lowest BCUT2D eigenvalue weighted by molar-refractivity contribution is 0.101. The summed E-state index contributed by atoms with van der Waals surface area (Å²) in [7, 11) is 1.54. The van der Waals surface area contributed by atoms with E-state index in [0.29, 0.717) is 32.5 Å². The number of nitrogens with one attached hydrogen (secondary N) is 2. The first-order chi connectivity index (χ1) is 16.4. The molecule has 0 bridgehead atoms. The number of carbonyl (C=O) groups excluding carboxylic acids is 2. The number of ether oxygens (including phenoxy) is 1. The fourth-order valence-electron chi connectivity index (χ4n) is 3.78. The van der Waals surface area contributed by atoms with Gasteiger partial charge in [0.2, 0.25) is 0 Å². The van der Waals surface area contributed by atoms with Crippen LogP contribution in [0.5, 0.6) is 5.75 Å². The molecule has 6 nitrogen and oxygen atoms in total. The quantitative estimate of drug-likeness (QED) is 0.300. The van der Waals surface area contributed by atoms with Gasteiger partial charge >= 0.3 is 0 Å². The number of thiophene rings is 1. The molecule has 2 aromatic heterocycles. The average molecular weight is 475 g/mol. The summed E-state index contributed by atoms with van der Waals surface area (Å²) in [5, 5.41) is 7.94. The van der Waals surface area contributed by atoms with Crippen LogP contribution in [0.1, 0.15) is 25.6 Å².